The van der Waals surface area contributed by atoms with E-state index in [-0.39, 0.29) is 17.7 Å². The van der Waals surface area contributed by atoms with Gasteiger partial charge in [-0.05, 0) is 53.7 Å². The number of aromatic nitrogens is 1. The molecule has 0 bridgehead atoms. The number of hydrogen-bond donors (Lipinski definition) is 2. The zero-order valence-electron chi connectivity index (χ0n) is 20.4. The molecule has 0 radical (unpaired) electrons. The summed E-state index contributed by atoms with van der Waals surface area (Å²) in [6, 6.07) is 3.51. The van der Waals surface area contributed by atoms with Crippen molar-refractivity contribution < 1.29 is 23.9 Å². The average molecular weight is 463 g/mol. The number of carbonyl (C=O) groups is 3. The molecule has 33 heavy (non-hydrogen) atoms. The van der Waals surface area contributed by atoms with Crippen LogP contribution in [0.3, 0.4) is 0 Å². The van der Waals surface area contributed by atoms with E-state index in [0.717, 1.165) is 5.69 Å². The van der Waals surface area contributed by atoms with E-state index in [2.05, 4.69) is 25.5 Å². The lowest BCUT2D eigenvalue weighted by Gasteiger charge is -2.35. The monoisotopic (exact) mass is 462 g/mol. The number of carbonyl (C=O) groups excluding carboxylic acids is 3. The van der Waals surface area contributed by atoms with Gasteiger partial charge < -0.3 is 19.3 Å². The van der Waals surface area contributed by atoms with Gasteiger partial charge in [-0.3, -0.25) is 15.4 Å². The van der Waals surface area contributed by atoms with Crippen molar-refractivity contribution in [2.45, 2.75) is 59.7 Å². The maximum absolute atomic E-state index is 12.2. The zero-order valence-corrected chi connectivity index (χ0v) is 20.4. The van der Waals surface area contributed by atoms with E-state index in [4.69, 9.17) is 9.47 Å². The minimum absolute atomic E-state index is 0.0694. The number of nitrogens with zero attached hydrogens (tertiary/aromatic N) is 4. The molecule has 0 aliphatic carbocycles. The second-order valence-corrected chi connectivity index (χ2v) is 9.58. The molecular weight excluding hydrogens is 428 g/mol. The minimum Gasteiger partial charge on any atom is -0.444 e. The van der Waals surface area contributed by atoms with Crippen molar-refractivity contribution in [3.05, 3.63) is 18.3 Å². The number of guanidine groups is 1. The summed E-state index contributed by atoms with van der Waals surface area (Å²) < 4.78 is 10.5. The first-order chi connectivity index (χ1) is 15.2. The van der Waals surface area contributed by atoms with Gasteiger partial charge in [-0.25, -0.2) is 14.6 Å². The van der Waals surface area contributed by atoms with Crippen LogP contribution in [0.25, 0.3) is 0 Å². The van der Waals surface area contributed by atoms with E-state index >= 15 is 0 Å². The van der Waals surface area contributed by atoms with E-state index in [9.17, 15) is 14.4 Å². The number of nitrogens with one attached hydrogen (secondary N) is 2. The van der Waals surface area contributed by atoms with Crippen molar-refractivity contribution in [2.24, 2.45) is 4.99 Å². The molecule has 0 saturated carbocycles. The number of piperazine rings is 1. The molecule has 1 saturated heterocycles. The molecule has 2 N–H and O–H groups in total. The summed E-state index contributed by atoms with van der Waals surface area (Å²) in [6.07, 6.45) is 0.0930. The van der Waals surface area contributed by atoms with Crippen LogP contribution in [0.5, 0.6) is 0 Å². The van der Waals surface area contributed by atoms with Crippen LogP contribution >= 0.6 is 0 Å². The third-order valence-electron chi connectivity index (χ3n) is 4.29. The summed E-state index contributed by atoms with van der Waals surface area (Å²) >= 11 is 0. The van der Waals surface area contributed by atoms with Crippen molar-refractivity contribution in [1.82, 2.24) is 20.5 Å². The highest BCUT2D eigenvalue weighted by atomic mass is 16.6. The molecule has 3 amide bonds. The Hall–Kier alpha value is -3.37. The number of rotatable bonds is 2. The first-order valence-corrected chi connectivity index (χ1v) is 10.8. The molecule has 0 spiro atoms. The standard InChI is InChI=1S/C22H34N6O5/c1-15(29)27-10-12-28(13-11-27)16-8-9-17(23-14-16)24-18(25-19(30)32-21(2,3)4)26-20(31)33-22(5,6)7/h8-9,14H,10-13H2,1-7H3,(H2,23,24,25,26,30,31). The summed E-state index contributed by atoms with van der Waals surface area (Å²) in [6.45, 7) is 14.6. The van der Waals surface area contributed by atoms with Gasteiger partial charge in [-0.2, -0.15) is 4.99 Å². The summed E-state index contributed by atoms with van der Waals surface area (Å²) in [5, 5.41) is 4.84. The molecular formula is C22H34N6O5. The number of aliphatic imine (C=N–C) groups is 1. The molecule has 11 heteroatoms. The van der Waals surface area contributed by atoms with Gasteiger partial charge in [-0.15, -0.1) is 0 Å². The fourth-order valence-electron chi connectivity index (χ4n) is 2.91. The van der Waals surface area contributed by atoms with Crippen molar-refractivity contribution in [3.8, 4) is 0 Å². The molecule has 1 fully saturated rings. The molecule has 2 rings (SSSR count). The van der Waals surface area contributed by atoms with Gasteiger partial charge in [0.1, 0.15) is 11.2 Å². The molecule has 0 aromatic carbocycles. The maximum Gasteiger partial charge on any atom is 0.414 e. The van der Waals surface area contributed by atoms with Gasteiger partial charge in [0, 0.05) is 33.1 Å². The Morgan fingerprint density at radius 2 is 1.42 bits per heavy atom. The van der Waals surface area contributed by atoms with E-state index in [0.29, 0.717) is 26.2 Å². The summed E-state index contributed by atoms with van der Waals surface area (Å²) in [5.74, 6) is 0.164. The quantitative estimate of drug-likeness (QED) is 0.511. The van der Waals surface area contributed by atoms with Crippen LogP contribution in [-0.4, -0.2) is 71.3 Å². The van der Waals surface area contributed by atoms with Crippen LogP contribution in [0.2, 0.25) is 0 Å². The number of alkyl carbamates (subject to hydrolysis) is 2. The fourth-order valence-corrected chi connectivity index (χ4v) is 2.91. The van der Waals surface area contributed by atoms with E-state index in [1.54, 1.807) is 65.6 Å². The normalized spacial score (nSPS) is 14.3. The van der Waals surface area contributed by atoms with Crippen molar-refractivity contribution >= 4 is 35.6 Å². The average Bonchev–Trinajstić information content (AvgIpc) is 2.65. The SMILES string of the molecule is CC(=O)N1CCN(c2ccc(N=C(NC(=O)OC(C)(C)C)NC(=O)OC(C)(C)C)nc2)CC1. The summed E-state index contributed by atoms with van der Waals surface area (Å²) in [7, 11) is 0. The van der Waals surface area contributed by atoms with Crippen molar-refractivity contribution in [1.29, 1.82) is 0 Å². The summed E-state index contributed by atoms with van der Waals surface area (Å²) in [4.78, 5) is 48.4. The molecule has 1 aromatic rings. The minimum atomic E-state index is -0.780. The predicted molar refractivity (Wildman–Crippen MR) is 125 cm³/mol. The van der Waals surface area contributed by atoms with Crippen LogP contribution in [0.1, 0.15) is 48.5 Å². The Balaban J connectivity index is 2.13. The second kappa shape index (κ2) is 10.5. The Morgan fingerprint density at radius 3 is 1.82 bits per heavy atom. The van der Waals surface area contributed by atoms with Crippen molar-refractivity contribution in [2.75, 3.05) is 31.1 Å². The molecule has 11 nitrogen and oxygen atoms in total. The maximum atomic E-state index is 12.2. The Morgan fingerprint density at radius 1 is 0.909 bits per heavy atom. The van der Waals surface area contributed by atoms with Crippen LogP contribution < -0.4 is 15.5 Å². The Bertz CT molecular complexity index is 846. The van der Waals surface area contributed by atoms with Crippen LogP contribution in [0, 0.1) is 0 Å². The molecule has 182 valence electrons. The lowest BCUT2D eigenvalue weighted by molar-refractivity contribution is -0.129. The van der Waals surface area contributed by atoms with Gasteiger partial charge >= 0.3 is 12.2 Å². The predicted octanol–water partition coefficient (Wildman–Crippen LogP) is 2.79. The largest absolute Gasteiger partial charge is 0.444 e. The molecule has 1 aliphatic heterocycles. The highest BCUT2D eigenvalue weighted by Gasteiger charge is 2.22. The highest BCUT2D eigenvalue weighted by molar-refractivity contribution is 6.02. The van der Waals surface area contributed by atoms with E-state index < -0.39 is 23.4 Å². The third kappa shape index (κ3) is 9.34. The van der Waals surface area contributed by atoms with E-state index in [1.165, 1.54) is 0 Å². The second-order valence-electron chi connectivity index (χ2n) is 9.58. The van der Waals surface area contributed by atoms with Gasteiger partial charge in [0.15, 0.2) is 5.82 Å². The van der Waals surface area contributed by atoms with Gasteiger partial charge in [0.2, 0.25) is 11.9 Å². The number of ether oxygens (including phenoxy) is 2. The van der Waals surface area contributed by atoms with Gasteiger partial charge in [0.25, 0.3) is 0 Å². The number of hydrogen-bond acceptors (Lipinski definition) is 8. The Labute approximate surface area is 194 Å². The topological polar surface area (TPSA) is 125 Å². The van der Waals surface area contributed by atoms with Crippen LogP contribution in [-0.2, 0) is 14.3 Å². The lowest BCUT2D eigenvalue weighted by Crippen LogP contribution is -2.48. The molecule has 1 aliphatic rings. The van der Waals surface area contributed by atoms with E-state index in [1.807, 2.05) is 6.07 Å². The molecule has 2 heterocycles. The fraction of sp³-hybridized carbons (Fsp3) is 0.591. The number of amides is 3. The third-order valence-corrected chi connectivity index (χ3v) is 4.29. The van der Waals surface area contributed by atoms with Crippen molar-refractivity contribution in [3.63, 3.8) is 0 Å². The molecule has 0 atom stereocenters. The number of pyridine rings is 1. The smallest absolute Gasteiger partial charge is 0.414 e. The first-order valence-electron chi connectivity index (χ1n) is 10.8. The summed E-state index contributed by atoms with van der Waals surface area (Å²) in [5.41, 5.74) is -0.570. The zero-order chi connectivity index (χ0) is 24.8. The van der Waals surface area contributed by atoms with Crippen LogP contribution in [0.4, 0.5) is 21.1 Å². The Kier molecular flexibility index (Phi) is 8.23. The van der Waals surface area contributed by atoms with Gasteiger partial charge in [0.05, 0.1) is 11.9 Å². The van der Waals surface area contributed by atoms with Crippen LogP contribution in [0.15, 0.2) is 23.3 Å². The molecule has 0 unspecified atom stereocenters. The lowest BCUT2D eigenvalue weighted by atomic mass is 10.2. The van der Waals surface area contributed by atoms with Gasteiger partial charge in [-0.1, -0.05) is 0 Å². The highest BCUT2D eigenvalue weighted by Crippen LogP contribution is 2.19. The first kappa shape index (κ1) is 25.9. The number of anilines is 1. The molecule has 1 aromatic heterocycles.